The maximum atomic E-state index is 13.1. The topological polar surface area (TPSA) is 38.0 Å². The maximum Gasteiger partial charge on any atom is 0.149 e. The van der Waals surface area contributed by atoms with Crippen molar-refractivity contribution < 1.29 is 8.78 Å². The molecule has 0 aliphatic rings. The second-order valence-corrected chi connectivity index (χ2v) is 3.68. The van der Waals surface area contributed by atoms with Crippen LogP contribution in [0.25, 0.3) is 0 Å². The number of rotatable bonds is 5. The Kier molecular flexibility index (Phi) is 4.49. The second-order valence-electron chi connectivity index (χ2n) is 3.68. The highest BCUT2D eigenvalue weighted by Gasteiger charge is 2.03. The lowest BCUT2D eigenvalue weighted by atomic mass is 10.1. The lowest BCUT2D eigenvalue weighted by Crippen LogP contribution is -2.15. The number of halogens is 2. The molecule has 0 amide bonds. The van der Waals surface area contributed by atoms with E-state index in [-0.39, 0.29) is 0 Å². The van der Waals surface area contributed by atoms with Gasteiger partial charge in [-0.3, -0.25) is 0 Å². The highest BCUT2D eigenvalue weighted by atomic mass is 19.1. The Balaban J connectivity index is 2.44. The molecule has 0 spiro atoms. The summed E-state index contributed by atoms with van der Waals surface area (Å²) >= 11 is 0. The van der Waals surface area contributed by atoms with E-state index in [1.54, 1.807) is 0 Å². The zero-order valence-corrected chi connectivity index (χ0v) is 8.76. The van der Waals surface area contributed by atoms with Crippen LogP contribution in [0.3, 0.4) is 0 Å². The number of hydrogen-bond acceptors (Lipinski definition) is 2. The smallest absolute Gasteiger partial charge is 0.149 e. The zero-order valence-electron chi connectivity index (χ0n) is 8.76. The average molecular weight is 214 g/mol. The largest absolute Gasteiger partial charge is 0.383 e. The van der Waals surface area contributed by atoms with Gasteiger partial charge in [0.15, 0.2) is 0 Å². The third-order valence-electron chi connectivity index (χ3n) is 2.29. The summed E-state index contributed by atoms with van der Waals surface area (Å²) in [5.74, 6) is -0.718. The van der Waals surface area contributed by atoms with Gasteiger partial charge in [-0.05, 0) is 31.0 Å². The molecule has 0 heterocycles. The summed E-state index contributed by atoms with van der Waals surface area (Å²) < 4.78 is 25.7. The molecule has 3 N–H and O–H groups in total. The first kappa shape index (κ1) is 11.9. The molecular weight excluding hydrogens is 198 g/mol. The van der Waals surface area contributed by atoms with Crippen LogP contribution in [-0.4, -0.2) is 13.1 Å². The summed E-state index contributed by atoms with van der Waals surface area (Å²) in [6.45, 7) is 3.29. The van der Waals surface area contributed by atoms with Crippen molar-refractivity contribution in [1.82, 2.24) is 0 Å². The first-order valence-corrected chi connectivity index (χ1v) is 5.02. The summed E-state index contributed by atoms with van der Waals surface area (Å²) in [4.78, 5) is 0. The lowest BCUT2D eigenvalue weighted by Gasteiger charge is -2.10. The lowest BCUT2D eigenvalue weighted by molar-refractivity contribution is 0.557. The third-order valence-corrected chi connectivity index (χ3v) is 2.29. The van der Waals surface area contributed by atoms with Crippen molar-refractivity contribution in [1.29, 1.82) is 0 Å². The van der Waals surface area contributed by atoms with Crippen LogP contribution in [0.5, 0.6) is 0 Å². The van der Waals surface area contributed by atoms with Crippen LogP contribution < -0.4 is 11.1 Å². The first-order chi connectivity index (χ1) is 7.13. The SMILES string of the molecule is CC(CN)CCNc1ccc(F)cc1F. The number of nitrogens with two attached hydrogens (primary N) is 1. The van der Waals surface area contributed by atoms with Crippen molar-refractivity contribution in [3.05, 3.63) is 29.8 Å². The molecule has 1 atom stereocenters. The molecule has 0 saturated heterocycles. The minimum atomic E-state index is -0.562. The van der Waals surface area contributed by atoms with Crippen LogP contribution in [0.1, 0.15) is 13.3 Å². The maximum absolute atomic E-state index is 13.1. The summed E-state index contributed by atoms with van der Waals surface area (Å²) in [6, 6.07) is 3.50. The van der Waals surface area contributed by atoms with Gasteiger partial charge in [0.2, 0.25) is 0 Å². The molecule has 1 rings (SSSR count). The van der Waals surface area contributed by atoms with E-state index in [4.69, 9.17) is 5.73 Å². The van der Waals surface area contributed by atoms with Crippen molar-refractivity contribution in [2.45, 2.75) is 13.3 Å². The Hall–Kier alpha value is -1.16. The van der Waals surface area contributed by atoms with E-state index < -0.39 is 11.6 Å². The summed E-state index contributed by atoms with van der Waals surface area (Å²) in [5.41, 5.74) is 5.78. The van der Waals surface area contributed by atoms with Crippen LogP contribution in [0.2, 0.25) is 0 Å². The van der Waals surface area contributed by atoms with Gasteiger partial charge >= 0.3 is 0 Å². The Labute approximate surface area is 88.5 Å². The fraction of sp³-hybridized carbons (Fsp3) is 0.455. The number of benzene rings is 1. The third kappa shape index (κ3) is 3.83. The average Bonchev–Trinajstić information content (AvgIpc) is 2.21. The molecule has 4 heteroatoms. The molecule has 0 aliphatic heterocycles. The molecule has 0 bridgehead atoms. The molecule has 2 nitrogen and oxygen atoms in total. The van der Waals surface area contributed by atoms with E-state index in [0.29, 0.717) is 24.7 Å². The van der Waals surface area contributed by atoms with Gasteiger partial charge in [-0.25, -0.2) is 8.78 Å². The first-order valence-electron chi connectivity index (χ1n) is 5.02. The number of hydrogen-bond donors (Lipinski definition) is 2. The van der Waals surface area contributed by atoms with E-state index in [1.807, 2.05) is 6.92 Å². The monoisotopic (exact) mass is 214 g/mol. The van der Waals surface area contributed by atoms with E-state index >= 15 is 0 Å². The summed E-state index contributed by atoms with van der Waals surface area (Å²) in [7, 11) is 0. The molecular formula is C11H16F2N2. The van der Waals surface area contributed by atoms with E-state index in [2.05, 4.69) is 5.32 Å². The normalized spacial score (nSPS) is 12.5. The summed E-state index contributed by atoms with van der Waals surface area (Å²) in [5, 5.41) is 2.91. The number of anilines is 1. The fourth-order valence-electron chi connectivity index (χ4n) is 1.20. The molecule has 0 fully saturated rings. The van der Waals surface area contributed by atoms with Crippen LogP contribution in [0.15, 0.2) is 18.2 Å². The second kappa shape index (κ2) is 5.66. The van der Waals surface area contributed by atoms with E-state index in [9.17, 15) is 8.78 Å². The Morgan fingerprint density at radius 1 is 1.40 bits per heavy atom. The molecule has 0 aromatic heterocycles. The quantitative estimate of drug-likeness (QED) is 0.789. The highest BCUT2D eigenvalue weighted by molar-refractivity contribution is 5.44. The van der Waals surface area contributed by atoms with Crippen LogP contribution in [0, 0.1) is 17.6 Å². The fourth-order valence-corrected chi connectivity index (χ4v) is 1.20. The molecule has 0 saturated carbocycles. The number of nitrogens with one attached hydrogen (secondary N) is 1. The van der Waals surface area contributed by atoms with Crippen molar-refractivity contribution in [2.24, 2.45) is 11.7 Å². The van der Waals surface area contributed by atoms with E-state index in [0.717, 1.165) is 12.5 Å². The van der Waals surface area contributed by atoms with Crippen molar-refractivity contribution in [3.8, 4) is 0 Å². The van der Waals surface area contributed by atoms with Gasteiger partial charge in [-0.15, -0.1) is 0 Å². The van der Waals surface area contributed by atoms with Crippen molar-refractivity contribution in [2.75, 3.05) is 18.4 Å². The molecule has 15 heavy (non-hydrogen) atoms. The van der Waals surface area contributed by atoms with Crippen molar-refractivity contribution >= 4 is 5.69 Å². The van der Waals surface area contributed by atoms with Gasteiger partial charge in [0, 0.05) is 12.6 Å². The summed E-state index contributed by atoms with van der Waals surface area (Å²) in [6.07, 6.45) is 0.868. The van der Waals surface area contributed by atoms with Gasteiger partial charge < -0.3 is 11.1 Å². The van der Waals surface area contributed by atoms with Crippen molar-refractivity contribution in [3.63, 3.8) is 0 Å². The zero-order chi connectivity index (χ0) is 11.3. The molecule has 0 aliphatic carbocycles. The molecule has 1 aromatic rings. The molecule has 84 valence electrons. The minimum absolute atomic E-state index is 0.334. The molecule has 1 unspecified atom stereocenters. The van der Waals surface area contributed by atoms with Crippen LogP contribution >= 0.6 is 0 Å². The standard InChI is InChI=1S/C11H16F2N2/c1-8(7-14)4-5-15-11-3-2-9(12)6-10(11)13/h2-3,6,8,15H,4-5,7,14H2,1H3. The van der Waals surface area contributed by atoms with Gasteiger partial charge in [0.1, 0.15) is 11.6 Å². The van der Waals surface area contributed by atoms with Crippen LogP contribution in [0.4, 0.5) is 14.5 Å². The molecule has 1 aromatic carbocycles. The van der Waals surface area contributed by atoms with Gasteiger partial charge in [0.05, 0.1) is 5.69 Å². The minimum Gasteiger partial charge on any atom is -0.383 e. The molecule has 0 radical (unpaired) electrons. The van der Waals surface area contributed by atoms with Crippen LogP contribution in [-0.2, 0) is 0 Å². The van der Waals surface area contributed by atoms with Gasteiger partial charge in [-0.2, -0.15) is 0 Å². The van der Waals surface area contributed by atoms with E-state index in [1.165, 1.54) is 12.1 Å². The predicted molar refractivity (Wildman–Crippen MR) is 57.7 cm³/mol. The Bertz CT molecular complexity index is 315. The predicted octanol–water partition coefficient (Wildman–Crippen LogP) is 2.36. The highest BCUT2D eigenvalue weighted by Crippen LogP contribution is 2.15. The Morgan fingerprint density at radius 2 is 2.13 bits per heavy atom. The van der Waals surface area contributed by atoms with Gasteiger partial charge in [0.25, 0.3) is 0 Å². The Morgan fingerprint density at radius 3 is 2.73 bits per heavy atom. The van der Waals surface area contributed by atoms with Gasteiger partial charge in [-0.1, -0.05) is 6.92 Å².